The van der Waals surface area contributed by atoms with Gasteiger partial charge in [-0.25, -0.2) is 18.1 Å². The SMILES string of the molecule is N#Cc1ncccc1S(=O)(=O)NCC1(O)CCCC1. The predicted molar refractivity (Wildman–Crippen MR) is 67.6 cm³/mol. The monoisotopic (exact) mass is 281 g/mol. The molecule has 1 aliphatic rings. The summed E-state index contributed by atoms with van der Waals surface area (Å²) in [4.78, 5) is 3.56. The molecule has 1 saturated carbocycles. The van der Waals surface area contributed by atoms with Gasteiger partial charge in [-0.3, -0.25) is 0 Å². The van der Waals surface area contributed by atoms with Gasteiger partial charge in [-0.05, 0) is 25.0 Å². The molecular formula is C12H15N3O3S. The van der Waals surface area contributed by atoms with Gasteiger partial charge in [0.15, 0.2) is 5.69 Å². The lowest BCUT2D eigenvalue weighted by Crippen LogP contribution is -2.40. The second kappa shape index (κ2) is 5.25. The third kappa shape index (κ3) is 3.10. The first-order valence-electron chi connectivity index (χ1n) is 6.04. The molecule has 6 nitrogen and oxygen atoms in total. The van der Waals surface area contributed by atoms with Crippen LogP contribution in [0.1, 0.15) is 31.4 Å². The lowest BCUT2D eigenvalue weighted by molar-refractivity contribution is 0.0531. The number of aliphatic hydroxyl groups is 1. The fraction of sp³-hybridized carbons (Fsp3) is 0.500. The van der Waals surface area contributed by atoms with E-state index < -0.39 is 15.6 Å². The summed E-state index contributed by atoms with van der Waals surface area (Å²) in [5, 5.41) is 19.0. The predicted octanol–water partition coefficient (Wildman–Crippen LogP) is 0.537. The Bertz CT molecular complexity index is 601. The molecule has 2 N–H and O–H groups in total. The van der Waals surface area contributed by atoms with Crippen LogP contribution in [0, 0.1) is 11.3 Å². The van der Waals surface area contributed by atoms with Gasteiger partial charge in [0.05, 0.1) is 5.60 Å². The zero-order valence-electron chi connectivity index (χ0n) is 10.3. The number of hydrogen-bond acceptors (Lipinski definition) is 5. The third-order valence-electron chi connectivity index (χ3n) is 3.29. The quantitative estimate of drug-likeness (QED) is 0.838. The molecule has 0 amide bonds. The van der Waals surface area contributed by atoms with Crippen molar-refractivity contribution in [2.24, 2.45) is 0 Å². The van der Waals surface area contributed by atoms with E-state index in [4.69, 9.17) is 5.26 Å². The molecule has 0 aliphatic heterocycles. The molecule has 1 aromatic rings. The highest BCUT2D eigenvalue weighted by Crippen LogP contribution is 2.29. The van der Waals surface area contributed by atoms with Crippen LogP contribution in [0.25, 0.3) is 0 Å². The van der Waals surface area contributed by atoms with Crippen molar-refractivity contribution >= 4 is 10.0 Å². The maximum Gasteiger partial charge on any atom is 0.243 e. The maximum absolute atomic E-state index is 12.1. The van der Waals surface area contributed by atoms with E-state index in [-0.39, 0.29) is 17.1 Å². The van der Waals surface area contributed by atoms with Gasteiger partial charge in [-0.15, -0.1) is 0 Å². The number of rotatable bonds is 4. The lowest BCUT2D eigenvalue weighted by Gasteiger charge is -2.22. The molecule has 7 heteroatoms. The largest absolute Gasteiger partial charge is 0.389 e. The van der Waals surface area contributed by atoms with Crippen LogP contribution in [0.15, 0.2) is 23.2 Å². The molecule has 0 radical (unpaired) electrons. The number of nitrogens with zero attached hydrogens (tertiary/aromatic N) is 2. The molecule has 19 heavy (non-hydrogen) atoms. The summed E-state index contributed by atoms with van der Waals surface area (Å²) in [5.41, 5.74) is -1.12. The van der Waals surface area contributed by atoms with Gasteiger partial charge in [0.2, 0.25) is 10.0 Å². The minimum atomic E-state index is -3.82. The van der Waals surface area contributed by atoms with Crippen LogP contribution < -0.4 is 4.72 Å². The third-order valence-corrected chi connectivity index (χ3v) is 4.72. The Labute approximate surface area is 112 Å². The van der Waals surface area contributed by atoms with Crippen LogP contribution in [0.2, 0.25) is 0 Å². The Morgan fingerprint density at radius 1 is 1.47 bits per heavy atom. The average molecular weight is 281 g/mol. The Morgan fingerprint density at radius 3 is 2.79 bits per heavy atom. The molecule has 0 aromatic carbocycles. The van der Waals surface area contributed by atoms with Crippen molar-refractivity contribution in [2.75, 3.05) is 6.54 Å². The molecule has 0 unspecified atom stereocenters. The van der Waals surface area contributed by atoms with Crippen LogP contribution in [0.5, 0.6) is 0 Å². The van der Waals surface area contributed by atoms with E-state index in [1.54, 1.807) is 6.07 Å². The first-order valence-corrected chi connectivity index (χ1v) is 7.52. The maximum atomic E-state index is 12.1. The number of aromatic nitrogens is 1. The van der Waals surface area contributed by atoms with Crippen LogP contribution in [0.4, 0.5) is 0 Å². The molecule has 2 rings (SSSR count). The van der Waals surface area contributed by atoms with Crippen molar-refractivity contribution in [3.8, 4) is 6.07 Å². The highest BCUT2D eigenvalue weighted by Gasteiger charge is 2.33. The van der Waals surface area contributed by atoms with E-state index in [1.807, 2.05) is 0 Å². The smallest absolute Gasteiger partial charge is 0.243 e. The van der Waals surface area contributed by atoms with Crippen LogP contribution in [0.3, 0.4) is 0 Å². The first-order chi connectivity index (χ1) is 8.97. The highest BCUT2D eigenvalue weighted by molar-refractivity contribution is 7.89. The van der Waals surface area contributed by atoms with Crippen molar-refractivity contribution in [3.63, 3.8) is 0 Å². The van der Waals surface area contributed by atoms with Gasteiger partial charge in [0, 0.05) is 12.7 Å². The molecule has 0 saturated heterocycles. The van der Waals surface area contributed by atoms with Gasteiger partial charge in [0.25, 0.3) is 0 Å². The molecule has 0 atom stereocenters. The fourth-order valence-corrected chi connectivity index (χ4v) is 3.43. The molecule has 1 aliphatic carbocycles. The number of pyridine rings is 1. The van der Waals surface area contributed by atoms with E-state index in [0.717, 1.165) is 12.8 Å². The van der Waals surface area contributed by atoms with Crippen molar-refractivity contribution in [1.82, 2.24) is 9.71 Å². The molecule has 1 fully saturated rings. The number of nitrogens with one attached hydrogen (secondary N) is 1. The Balaban J connectivity index is 2.17. The van der Waals surface area contributed by atoms with E-state index in [0.29, 0.717) is 12.8 Å². The second-order valence-electron chi connectivity index (χ2n) is 4.72. The minimum Gasteiger partial charge on any atom is -0.389 e. The normalized spacial score (nSPS) is 18.1. The van der Waals surface area contributed by atoms with E-state index >= 15 is 0 Å². The molecule has 1 heterocycles. The summed E-state index contributed by atoms with van der Waals surface area (Å²) in [6, 6.07) is 4.53. The highest BCUT2D eigenvalue weighted by atomic mass is 32.2. The first kappa shape index (κ1) is 13.9. The molecule has 0 bridgehead atoms. The number of nitriles is 1. The summed E-state index contributed by atoms with van der Waals surface area (Å²) in [7, 11) is -3.82. The standard InChI is InChI=1S/C12H15N3O3S/c13-8-10-11(4-3-7-14-10)19(17,18)15-9-12(16)5-1-2-6-12/h3-4,7,15-16H,1-2,5-6,9H2. The average Bonchev–Trinajstić information content (AvgIpc) is 2.84. The Morgan fingerprint density at radius 2 is 2.16 bits per heavy atom. The lowest BCUT2D eigenvalue weighted by atomic mass is 10.0. The topological polar surface area (TPSA) is 103 Å². The van der Waals surface area contributed by atoms with Gasteiger partial charge >= 0.3 is 0 Å². The Kier molecular flexibility index (Phi) is 3.85. The van der Waals surface area contributed by atoms with E-state index in [2.05, 4.69) is 9.71 Å². The number of hydrogen-bond donors (Lipinski definition) is 2. The number of sulfonamides is 1. The molecule has 102 valence electrons. The van der Waals surface area contributed by atoms with Crippen molar-refractivity contribution in [3.05, 3.63) is 24.0 Å². The summed E-state index contributed by atoms with van der Waals surface area (Å²) in [6.45, 7) is -0.0326. The Hall–Kier alpha value is -1.49. The summed E-state index contributed by atoms with van der Waals surface area (Å²) in [5.74, 6) is 0. The summed E-state index contributed by atoms with van der Waals surface area (Å²) < 4.78 is 26.6. The molecule has 1 aromatic heterocycles. The van der Waals surface area contributed by atoms with E-state index in [1.165, 1.54) is 18.3 Å². The van der Waals surface area contributed by atoms with Crippen molar-refractivity contribution in [2.45, 2.75) is 36.2 Å². The van der Waals surface area contributed by atoms with Crippen LogP contribution >= 0.6 is 0 Å². The van der Waals surface area contributed by atoms with E-state index in [9.17, 15) is 13.5 Å². The van der Waals surface area contributed by atoms with Crippen LogP contribution in [-0.4, -0.2) is 30.7 Å². The summed E-state index contributed by atoms with van der Waals surface area (Å²) in [6.07, 6.45) is 4.34. The second-order valence-corrected chi connectivity index (χ2v) is 6.45. The van der Waals surface area contributed by atoms with Gasteiger partial charge < -0.3 is 5.11 Å². The fourth-order valence-electron chi connectivity index (χ4n) is 2.21. The van der Waals surface area contributed by atoms with Gasteiger partial charge in [-0.1, -0.05) is 12.8 Å². The molecule has 0 spiro atoms. The van der Waals surface area contributed by atoms with Crippen LogP contribution in [-0.2, 0) is 10.0 Å². The zero-order valence-corrected chi connectivity index (χ0v) is 11.2. The zero-order chi connectivity index (χ0) is 13.9. The van der Waals surface area contributed by atoms with Crippen molar-refractivity contribution in [1.29, 1.82) is 5.26 Å². The van der Waals surface area contributed by atoms with Crippen molar-refractivity contribution < 1.29 is 13.5 Å². The molecular weight excluding hydrogens is 266 g/mol. The minimum absolute atomic E-state index is 0.0326. The summed E-state index contributed by atoms with van der Waals surface area (Å²) >= 11 is 0. The van der Waals surface area contributed by atoms with Gasteiger partial charge in [-0.2, -0.15) is 5.26 Å². The van der Waals surface area contributed by atoms with Gasteiger partial charge in [0.1, 0.15) is 11.0 Å².